The fourth-order valence-electron chi connectivity index (χ4n) is 1.58. The van der Waals surface area contributed by atoms with E-state index < -0.39 is 11.8 Å². The summed E-state index contributed by atoms with van der Waals surface area (Å²) in [5.41, 5.74) is 1.93. The highest BCUT2D eigenvalue weighted by molar-refractivity contribution is 6.41. The summed E-state index contributed by atoms with van der Waals surface area (Å²) in [7, 11) is 2.64. The maximum atomic E-state index is 11.7. The first kappa shape index (κ1) is 12.2. The number of methoxy groups -OCH3 is 2. The third-order valence-corrected chi connectivity index (χ3v) is 2.26. The minimum atomic E-state index is -0.884. The van der Waals surface area contributed by atoms with Crippen LogP contribution >= 0.6 is 0 Å². The molecular formula is C12H14O4. The Balaban J connectivity index is 3.32. The van der Waals surface area contributed by atoms with Crippen LogP contribution in [0.4, 0.5) is 0 Å². The Kier molecular flexibility index (Phi) is 3.66. The van der Waals surface area contributed by atoms with E-state index >= 15 is 0 Å². The number of ketones is 1. The highest BCUT2D eigenvalue weighted by atomic mass is 16.5. The summed E-state index contributed by atoms with van der Waals surface area (Å²) in [6.45, 7) is 3.65. The van der Waals surface area contributed by atoms with Crippen LogP contribution in [0.25, 0.3) is 0 Å². The number of ether oxygens (including phenoxy) is 2. The molecule has 4 heteroatoms. The van der Waals surface area contributed by atoms with Gasteiger partial charge >= 0.3 is 5.97 Å². The second kappa shape index (κ2) is 4.79. The summed E-state index contributed by atoms with van der Waals surface area (Å²) in [5.74, 6) is -1.17. The van der Waals surface area contributed by atoms with Gasteiger partial charge < -0.3 is 9.47 Å². The minimum absolute atomic E-state index is 0.264. The summed E-state index contributed by atoms with van der Waals surface area (Å²) < 4.78 is 9.50. The third-order valence-electron chi connectivity index (χ3n) is 2.26. The van der Waals surface area contributed by atoms with E-state index in [0.29, 0.717) is 11.3 Å². The third kappa shape index (κ3) is 2.21. The lowest BCUT2D eigenvalue weighted by molar-refractivity contribution is -0.135. The molecule has 0 aromatic heterocycles. The van der Waals surface area contributed by atoms with Crippen LogP contribution in [0, 0.1) is 13.8 Å². The van der Waals surface area contributed by atoms with Crippen molar-refractivity contribution in [1.29, 1.82) is 0 Å². The second-order valence-electron chi connectivity index (χ2n) is 3.48. The van der Waals surface area contributed by atoms with E-state index in [1.54, 1.807) is 13.0 Å². The largest absolute Gasteiger partial charge is 0.496 e. The molecular weight excluding hydrogens is 208 g/mol. The van der Waals surface area contributed by atoms with E-state index in [1.807, 2.05) is 13.0 Å². The fraction of sp³-hybridized carbons (Fsp3) is 0.333. The molecule has 86 valence electrons. The topological polar surface area (TPSA) is 52.6 Å². The molecule has 0 heterocycles. The van der Waals surface area contributed by atoms with E-state index in [2.05, 4.69) is 4.74 Å². The minimum Gasteiger partial charge on any atom is -0.496 e. The zero-order chi connectivity index (χ0) is 12.3. The fourth-order valence-corrected chi connectivity index (χ4v) is 1.58. The van der Waals surface area contributed by atoms with Gasteiger partial charge in [-0.25, -0.2) is 4.79 Å². The Morgan fingerprint density at radius 3 is 2.25 bits per heavy atom. The molecule has 1 aromatic carbocycles. The molecule has 0 aliphatic heterocycles. The highest BCUT2D eigenvalue weighted by Gasteiger charge is 2.23. The number of carbonyl (C=O) groups excluding carboxylic acids is 2. The van der Waals surface area contributed by atoms with Crippen molar-refractivity contribution in [1.82, 2.24) is 0 Å². The van der Waals surface area contributed by atoms with Crippen molar-refractivity contribution < 1.29 is 19.1 Å². The smallest absolute Gasteiger partial charge is 0.379 e. The number of carbonyl (C=O) groups is 2. The summed E-state index contributed by atoms with van der Waals surface area (Å²) in [6.07, 6.45) is 0. The van der Waals surface area contributed by atoms with Gasteiger partial charge in [-0.05, 0) is 31.0 Å². The Bertz CT molecular complexity index is 435. The standard InChI is InChI=1S/C12H14O4/c1-7-5-8(2)10(9(6-7)15-3)11(13)12(14)16-4/h5-6H,1-4H3. The maximum Gasteiger partial charge on any atom is 0.379 e. The lowest BCUT2D eigenvalue weighted by Crippen LogP contribution is -2.18. The average molecular weight is 222 g/mol. The Labute approximate surface area is 94.2 Å². The van der Waals surface area contributed by atoms with Gasteiger partial charge in [0, 0.05) is 0 Å². The molecule has 0 radical (unpaired) electrons. The van der Waals surface area contributed by atoms with Crippen LogP contribution in [0.1, 0.15) is 21.5 Å². The van der Waals surface area contributed by atoms with Crippen LogP contribution in [0.2, 0.25) is 0 Å². The maximum absolute atomic E-state index is 11.7. The van der Waals surface area contributed by atoms with E-state index in [1.165, 1.54) is 14.2 Å². The number of aryl methyl sites for hydroxylation is 2. The number of esters is 1. The molecule has 4 nitrogen and oxygen atoms in total. The number of hydrogen-bond donors (Lipinski definition) is 0. The van der Waals surface area contributed by atoms with E-state index in [-0.39, 0.29) is 5.56 Å². The molecule has 0 fully saturated rings. The molecule has 0 saturated carbocycles. The lowest BCUT2D eigenvalue weighted by atomic mass is 10.0. The van der Waals surface area contributed by atoms with Gasteiger partial charge in [-0.3, -0.25) is 4.79 Å². The Hall–Kier alpha value is -1.84. The zero-order valence-corrected chi connectivity index (χ0v) is 9.79. The van der Waals surface area contributed by atoms with Crippen LogP contribution < -0.4 is 4.74 Å². The van der Waals surface area contributed by atoms with Crippen molar-refractivity contribution in [2.45, 2.75) is 13.8 Å². The molecule has 0 unspecified atom stereocenters. The first-order valence-corrected chi connectivity index (χ1v) is 4.79. The van der Waals surface area contributed by atoms with Crippen LogP contribution in [0.3, 0.4) is 0 Å². The average Bonchev–Trinajstić information content (AvgIpc) is 2.26. The van der Waals surface area contributed by atoms with Gasteiger partial charge in [-0.2, -0.15) is 0 Å². The normalized spacial score (nSPS) is 9.75. The summed E-state index contributed by atoms with van der Waals surface area (Å²) in [5, 5.41) is 0. The molecule has 0 aliphatic rings. The van der Waals surface area contributed by atoms with Gasteiger partial charge in [-0.15, -0.1) is 0 Å². The number of benzene rings is 1. The van der Waals surface area contributed by atoms with E-state index in [4.69, 9.17) is 4.74 Å². The van der Waals surface area contributed by atoms with Crippen molar-refractivity contribution in [2.75, 3.05) is 14.2 Å². The SMILES string of the molecule is COC(=O)C(=O)c1c(C)cc(C)cc1OC. The molecule has 0 atom stereocenters. The summed E-state index contributed by atoms with van der Waals surface area (Å²) >= 11 is 0. The van der Waals surface area contributed by atoms with Gasteiger partial charge in [-0.1, -0.05) is 6.07 Å². The predicted molar refractivity (Wildman–Crippen MR) is 58.8 cm³/mol. The van der Waals surface area contributed by atoms with Crippen LogP contribution in [0.15, 0.2) is 12.1 Å². The van der Waals surface area contributed by atoms with Gasteiger partial charge in [0.05, 0.1) is 19.8 Å². The molecule has 0 N–H and O–H groups in total. The molecule has 1 rings (SSSR count). The highest BCUT2D eigenvalue weighted by Crippen LogP contribution is 2.24. The summed E-state index contributed by atoms with van der Waals surface area (Å²) in [4.78, 5) is 22.9. The van der Waals surface area contributed by atoms with E-state index in [0.717, 1.165) is 5.56 Å². The van der Waals surface area contributed by atoms with E-state index in [9.17, 15) is 9.59 Å². The van der Waals surface area contributed by atoms with Crippen molar-refractivity contribution in [3.8, 4) is 5.75 Å². The Morgan fingerprint density at radius 2 is 1.75 bits per heavy atom. The van der Waals surface area contributed by atoms with Gasteiger partial charge in [0.15, 0.2) is 0 Å². The van der Waals surface area contributed by atoms with Crippen LogP contribution in [-0.2, 0) is 9.53 Å². The van der Waals surface area contributed by atoms with Crippen molar-refractivity contribution in [2.24, 2.45) is 0 Å². The van der Waals surface area contributed by atoms with Crippen molar-refractivity contribution in [3.05, 3.63) is 28.8 Å². The quantitative estimate of drug-likeness (QED) is 0.443. The number of Topliss-reactive ketones (excluding diaryl/α,β-unsaturated/α-hetero) is 1. The molecule has 0 spiro atoms. The monoisotopic (exact) mass is 222 g/mol. The first-order valence-electron chi connectivity index (χ1n) is 4.79. The van der Waals surface area contributed by atoms with Gasteiger partial charge in [0.1, 0.15) is 5.75 Å². The first-order chi connectivity index (χ1) is 7.51. The molecule has 0 aliphatic carbocycles. The molecule has 0 bridgehead atoms. The Morgan fingerprint density at radius 1 is 1.12 bits per heavy atom. The predicted octanol–water partition coefficient (Wildman–Crippen LogP) is 1.67. The van der Waals surface area contributed by atoms with Crippen molar-refractivity contribution in [3.63, 3.8) is 0 Å². The second-order valence-corrected chi connectivity index (χ2v) is 3.48. The van der Waals surface area contributed by atoms with Crippen molar-refractivity contribution >= 4 is 11.8 Å². The lowest BCUT2D eigenvalue weighted by Gasteiger charge is -2.10. The van der Waals surface area contributed by atoms with Crippen LogP contribution in [-0.4, -0.2) is 26.0 Å². The molecule has 1 aromatic rings. The number of rotatable bonds is 3. The molecule has 0 saturated heterocycles. The van der Waals surface area contributed by atoms with Gasteiger partial charge in [0.2, 0.25) is 0 Å². The number of hydrogen-bond acceptors (Lipinski definition) is 4. The summed E-state index contributed by atoms with van der Waals surface area (Å²) in [6, 6.07) is 3.53. The van der Waals surface area contributed by atoms with Gasteiger partial charge in [0.25, 0.3) is 5.78 Å². The van der Waals surface area contributed by atoms with Crippen LogP contribution in [0.5, 0.6) is 5.75 Å². The molecule has 16 heavy (non-hydrogen) atoms. The zero-order valence-electron chi connectivity index (χ0n) is 9.79. The molecule has 0 amide bonds.